The highest BCUT2D eigenvalue weighted by atomic mass is 15.0. The van der Waals surface area contributed by atoms with Crippen LogP contribution in [0.25, 0.3) is 16.5 Å². The van der Waals surface area contributed by atoms with E-state index in [1.807, 2.05) is 0 Å². The van der Waals surface area contributed by atoms with Crippen LogP contribution in [0.1, 0.15) is 29.3 Å². The quantitative estimate of drug-likeness (QED) is 0.551. The van der Waals surface area contributed by atoms with Crippen LogP contribution in [0.4, 0.5) is 0 Å². The van der Waals surface area contributed by atoms with Crippen LogP contribution in [0, 0.1) is 6.92 Å². The van der Waals surface area contributed by atoms with Gasteiger partial charge in [0.1, 0.15) is 0 Å². The lowest BCUT2D eigenvalue weighted by molar-refractivity contribution is 0.824. The number of allylic oxidation sites excluding steroid dienone is 5. The molecule has 1 aliphatic carbocycles. The number of aryl methyl sites for hydroxylation is 1. The van der Waals surface area contributed by atoms with Gasteiger partial charge in [0, 0.05) is 29.4 Å². The number of hydrogen-bond donors (Lipinski definition) is 0. The van der Waals surface area contributed by atoms with Crippen LogP contribution in [-0.4, -0.2) is 4.57 Å². The minimum atomic E-state index is 0.885. The van der Waals surface area contributed by atoms with E-state index in [-0.39, 0.29) is 0 Å². The van der Waals surface area contributed by atoms with Gasteiger partial charge >= 0.3 is 0 Å². The topological polar surface area (TPSA) is 4.93 Å². The van der Waals surface area contributed by atoms with Gasteiger partial charge in [-0.2, -0.15) is 0 Å². The lowest BCUT2D eigenvalue weighted by Crippen LogP contribution is -2.03. The summed E-state index contributed by atoms with van der Waals surface area (Å²) in [5.74, 6) is 0. The zero-order valence-electron chi connectivity index (χ0n) is 14.9. The second-order valence-corrected chi connectivity index (χ2v) is 6.81. The molecule has 0 aliphatic heterocycles. The highest BCUT2D eigenvalue weighted by Crippen LogP contribution is 2.42. The van der Waals surface area contributed by atoms with E-state index >= 15 is 0 Å². The van der Waals surface area contributed by atoms with Crippen molar-refractivity contribution in [1.82, 2.24) is 4.57 Å². The largest absolute Gasteiger partial charge is 0.336 e. The number of aromatic nitrogens is 1. The molecule has 1 nitrogen and oxygen atoms in total. The van der Waals surface area contributed by atoms with E-state index in [2.05, 4.69) is 91.8 Å². The Bertz CT molecular complexity index is 1010. The first-order valence-corrected chi connectivity index (χ1v) is 8.86. The van der Waals surface area contributed by atoms with Gasteiger partial charge in [-0.15, -0.1) is 0 Å². The van der Waals surface area contributed by atoms with E-state index in [9.17, 15) is 0 Å². The molecule has 0 fully saturated rings. The van der Waals surface area contributed by atoms with E-state index in [1.165, 1.54) is 44.4 Å². The molecule has 1 heteroatoms. The average molecular weight is 325 g/mol. The summed E-state index contributed by atoms with van der Waals surface area (Å²) < 4.78 is 2.47. The Kier molecular flexibility index (Phi) is 3.93. The van der Waals surface area contributed by atoms with Crippen LogP contribution in [0.5, 0.6) is 0 Å². The predicted molar refractivity (Wildman–Crippen MR) is 108 cm³/mol. The zero-order valence-corrected chi connectivity index (χ0v) is 14.9. The number of benzene rings is 2. The van der Waals surface area contributed by atoms with Gasteiger partial charge in [0.05, 0.1) is 5.69 Å². The molecular formula is C24H23N. The van der Waals surface area contributed by atoms with Crippen molar-refractivity contribution in [3.8, 4) is 0 Å². The van der Waals surface area contributed by atoms with Gasteiger partial charge in [-0.05, 0) is 42.7 Å². The fraction of sp³-hybridized carbons (Fsp3) is 0.167. The van der Waals surface area contributed by atoms with Gasteiger partial charge in [0.15, 0.2) is 0 Å². The third-order valence-electron chi connectivity index (χ3n) is 4.99. The molecule has 0 bridgehead atoms. The first-order chi connectivity index (χ1) is 12.2. The minimum absolute atomic E-state index is 0.885. The molecule has 0 spiro atoms. The van der Waals surface area contributed by atoms with Crippen molar-refractivity contribution in [2.75, 3.05) is 0 Å². The normalized spacial score (nSPS) is 15.6. The standard InChI is InChI=1S/C24H23N/c1-4-5-11-20-18(3)15-22-21-14-17(2)12-13-23(21)25(24(20)22)16-19-9-7-6-8-10-19/h4-14H,3,15-16H2,1-2H3/b5-4-,20-11+. The van der Waals surface area contributed by atoms with Gasteiger partial charge < -0.3 is 4.57 Å². The fourth-order valence-electron chi connectivity index (χ4n) is 3.82. The first-order valence-electron chi connectivity index (χ1n) is 8.86. The molecular weight excluding hydrogens is 302 g/mol. The van der Waals surface area contributed by atoms with E-state index in [1.54, 1.807) is 0 Å². The highest BCUT2D eigenvalue weighted by Gasteiger charge is 2.27. The minimum Gasteiger partial charge on any atom is -0.336 e. The van der Waals surface area contributed by atoms with Gasteiger partial charge in [-0.3, -0.25) is 0 Å². The van der Waals surface area contributed by atoms with Crippen molar-refractivity contribution in [2.45, 2.75) is 26.8 Å². The monoisotopic (exact) mass is 325 g/mol. The van der Waals surface area contributed by atoms with Gasteiger partial charge in [-0.1, -0.05) is 66.8 Å². The molecule has 0 amide bonds. The summed E-state index contributed by atoms with van der Waals surface area (Å²) >= 11 is 0. The summed E-state index contributed by atoms with van der Waals surface area (Å²) in [6.45, 7) is 9.44. The second-order valence-electron chi connectivity index (χ2n) is 6.81. The Hall–Kier alpha value is -2.80. The molecule has 0 unspecified atom stereocenters. The third-order valence-corrected chi connectivity index (χ3v) is 4.99. The smallest absolute Gasteiger partial charge is 0.0533 e. The van der Waals surface area contributed by atoms with Gasteiger partial charge in [-0.25, -0.2) is 0 Å². The molecule has 25 heavy (non-hydrogen) atoms. The Morgan fingerprint density at radius 1 is 1.12 bits per heavy atom. The molecule has 0 atom stereocenters. The third kappa shape index (κ3) is 2.66. The highest BCUT2D eigenvalue weighted by molar-refractivity contribution is 5.98. The van der Waals surface area contributed by atoms with Crippen molar-refractivity contribution in [3.05, 3.63) is 101 Å². The SMILES string of the molecule is C=C1Cc2c(n(Cc3ccccc3)c3ccc(C)cc23)/C1=C/C=C\C. The number of nitrogens with zero attached hydrogens (tertiary/aromatic N) is 1. The fourth-order valence-corrected chi connectivity index (χ4v) is 3.82. The lowest BCUT2D eigenvalue weighted by Gasteiger charge is -2.12. The Labute approximate surface area is 149 Å². The average Bonchev–Trinajstić information content (AvgIpc) is 3.08. The van der Waals surface area contributed by atoms with E-state index in [4.69, 9.17) is 0 Å². The molecule has 2 aromatic carbocycles. The predicted octanol–water partition coefficient (Wildman–Crippen LogP) is 6.07. The second kappa shape index (κ2) is 6.25. The van der Waals surface area contributed by atoms with Crippen LogP contribution < -0.4 is 0 Å². The van der Waals surface area contributed by atoms with Crippen LogP contribution in [-0.2, 0) is 13.0 Å². The number of hydrogen-bond acceptors (Lipinski definition) is 0. The molecule has 0 saturated carbocycles. The van der Waals surface area contributed by atoms with E-state index < -0.39 is 0 Å². The summed E-state index contributed by atoms with van der Waals surface area (Å²) in [4.78, 5) is 0. The molecule has 3 aromatic rings. The maximum atomic E-state index is 4.34. The summed E-state index contributed by atoms with van der Waals surface area (Å²) in [6.07, 6.45) is 7.35. The molecule has 124 valence electrons. The van der Waals surface area contributed by atoms with Crippen molar-refractivity contribution in [3.63, 3.8) is 0 Å². The van der Waals surface area contributed by atoms with Crippen molar-refractivity contribution < 1.29 is 0 Å². The first kappa shape index (κ1) is 15.7. The van der Waals surface area contributed by atoms with E-state index in [0.717, 1.165) is 13.0 Å². The van der Waals surface area contributed by atoms with Crippen LogP contribution in [0.3, 0.4) is 0 Å². The van der Waals surface area contributed by atoms with Crippen LogP contribution >= 0.6 is 0 Å². The number of rotatable bonds is 3. The van der Waals surface area contributed by atoms with Crippen molar-refractivity contribution in [2.24, 2.45) is 0 Å². The molecule has 1 aromatic heterocycles. The molecule has 0 saturated heterocycles. The van der Waals surface area contributed by atoms with Gasteiger partial charge in [0.25, 0.3) is 0 Å². The zero-order chi connectivity index (χ0) is 17.4. The summed E-state index contributed by atoms with van der Waals surface area (Å²) in [5, 5.41) is 1.37. The Morgan fingerprint density at radius 2 is 1.92 bits per heavy atom. The summed E-state index contributed by atoms with van der Waals surface area (Å²) in [6, 6.07) is 17.5. The molecule has 4 rings (SSSR count). The van der Waals surface area contributed by atoms with Crippen molar-refractivity contribution >= 4 is 16.5 Å². The van der Waals surface area contributed by atoms with E-state index in [0.29, 0.717) is 0 Å². The van der Waals surface area contributed by atoms with Gasteiger partial charge in [0.2, 0.25) is 0 Å². The summed E-state index contributed by atoms with van der Waals surface area (Å²) in [5.41, 5.74) is 9.21. The van der Waals surface area contributed by atoms with Crippen LogP contribution in [0.2, 0.25) is 0 Å². The maximum absolute atomic E-state index is 4.34. The Morgan fingerprint density at radius 3 is 2.68 bits per heavy atom. The molecule has 1 heterocycles. The molecule has 0 radical (unpaired) electrons. The molecule has 0 N–H and O–H groups in total. The maximum Gasteiger partial charge on any atom is 0.0533 e. The number of fused-ring (bicyclic) bond motifs is 3. The van der Waals surface area contributed by atoms with Crippen LogP contribution in [0.15, 0.2) is 78.9 Å². The van der Waals surface area contributed by atoms with Crippen molar-refractivity contribution in [1.29, 1.82) is 0 Å². The lowest BCUT2D eigenvalue weighted by atomic mass is 10.1. The molecule has 1 aliphatic rings. The Balaban J connectivity index is 1.98. The summed E-state index contributed by atoms with van der Waals surface area (Å²) in [7, 11) is 0.